The number of rotatable bonds is 5. The summed E-state index contributed by atoms with van der Waals surface area (Å²) in [5, 5.41) is 0. The van der Waals surface area contributed by atoms with Gasteiger partial charge >= 0.3 is 0 Å². The zero-order chi connectivity index (χ0) is 13.0. The fourth-order valence-corrected chi connectivity index (χ4v) is 2.08. The quantitative estimate of drug-likeness (QED) is 0.756. The number of hydrogen-bond donors (Lipinski definition) is 0. The first-order valence-corrected chi connectivity index (χ1v) is 6.05. The van der Waals surface area contributed by atoms with Crippen molar-refractivity contribution in [2.24, 2.45) is 0 Å². The van der Waals surface area contributed by atoms with Gasteiger partial charge < -0.3 is 9.47 Å². The van der Waals surface area contributed by atoms with Gasteiger partial charge in [0.05, 0.1) is 18.8 Å². The molecule has 0 spiro atoms. The molecule has 1 fully saturated rings. The minimum atomic E-state index is -0.683. The molecule has 1 aliphatic heterocycles. The van der Waals surface area contributed by atoms with Gasteiger partial charge in [-0.05, 0) is 25.3 Å². The molecule has 1 unspecified atom stereocenters. The highest BCUT2D eigenvalue weighted by Crippen LogP contribution is 2.21. The maximum Gasteiger partial charge on any atom is 0.250 e. The predicted molar refractivity (Wildman–Crippen MR) is 63.3 cm³/mol. The third-order valence-electron chi connectivity index (χ3n) is 3.07. The van der Waals surface area contributed by atoms with Crippen LogP contribution in [0.15, 0.2) is 12.3 Å². The molecule has 1 aromatic heterocycles. The predicted octanol–water partition coefficient (Wildman–Crippen LogP) is 2.37. The number of aromatic nitrogens is 1. The van der Waals surface area contributed by atoms with Crippen LogP contribution in [-0.2, 0) is 4.74 Å². The number of hydrogen-bond acceptors (Lipinski definition) is 4. The van der Waals surface area contributed by atoms with E-state index in [1.165, 1.54) is 19.4 Å². The van der Waals surface area contributed by atoms with E-state index in [1.807, 2.05) is 0 Å². The van der Waals surface area contributed by atoms with Crippen molar-refractivity contribution in [3.05, 3.63) is 23.6 Å². The van der Waals surface area contributed by atoms with Crippen LogP contribution in [0.1, 0.15) is 36.0 Å². The summed E-state index contributed by atoms with van der Waals surface area (Å²) in [6.45, 7) is 0.760. The largest absolute Gasteiger partial charge is 0.479 e. The lowest BCUT2D eigenvalue weighted by Crippen LogP contribution is -2.10. The Morgan fingerprint density at radius 2 is 2.50 bits per heavy atom. The molecule has 5 heteroatoms. The number of carbonyl (C=O) groups is 1. The van der Waals surface area contributed by atoms with Crippen LogP contribution in [-0.4, -0.2) is 30.6 Å². The topological polar surface area (TPSA) is 48.4 Å². The average Bonchev–Trinajstić information content (AvgIpc) is 2.89. The molecule has 1 saturated heterocycles. The van der Waals surface area contributed by atoms with E-state index < -0.39 is 5.82 Å². The summed E-state index contributed by atoms with van der Waals surface area (Å²) >= 11 is 0. The lowest BCUT2D eigenvalue weighted by molar-refractivity contribution is 0.0856. The number of ketones is 1. The normalized spacial score (nSPS) is 18.9. The van der Waals surface area contributed by atoms with Crippen LogP contribution < -0.4 is 4.74 Å². The van der Waals surface area contributed by atoms with Gasteiger partial charge in [-0.1, -0.05) is 0 Å². The Bertz CT molecular complexity index is 430. The molecule has 4 nitrogen and oxygen atoms in total. The first-order chi connectivity index (χ1) is 8.72. The van der Waals surface area contributed by atoms with Crippen molar-refractivity contribution in [1.82, 2.24) is 4.98 Å². The third kappa shape index (κ3) is 2.85. The molecule has 0 radical (unpaired) electrons. The summed E-state index contributed by atoms with van der Waals surface area (Å²) in [4.78, 5) is 15.6. The van der Waals surface area contributed by atoms with E-state index in [0.29, 0.717) is 6.42 Å². The van der Waals surface area contributed by atoms with Gasteiger partial charge in [-0.15, -0.1) is 0 Å². The van der Waals surface area contributed by atoms with Crippen LogP contribution in [0.2, 0.25) is 0 Å². The summed E-state index contributed by atoms with van der Waals surface area (Å²) in [7, 11) is 1.33. The Morgan fingerprint density at radius 1 is 1.67 bits per heavy atom. The number of nitrogens with zero attached hydrogens (tertiary/aromatic N) is 1. The van der Waals surface area contributed by atoms with Crippen molar-refractivity contribution in [3.63, 3.8) is 0 Å². The highest BCUT2D eigenvalue weighted by molar-refractivity contribution is 5.96. The first-order valence-electron chi connectivity index (χ1n) is 6.05. The second-order valence-electron chi connectivity index (χ2n) is 4.28. The van der Waals surface area contributed by atoms with E-state index in [0.717, 1.165) is 19.4 Å². The maximum absolute atomic E-state index is 13.8. The summed E-state index contributed by atoms with van der Waals surface area (Å²) in [5.41, 5.74) is 0.0415. The molecule has 0 aliphatic carbocycles. The molecule has 2 heterocycles. The van der Waals surface area contributed by atoms with E-state index in [-0.39, 0.29) is 29.8 Å². The molecular weight excluding hydrogens is 237 g/mol. The van der Waals surface area contributed by atoms with Crippen LogP contribution in [0.5, 0.6) is 5.88 Å². The molecule has 1 aliphatic rings. The van der Waals surface area contributed by atoms with Crippen molar-refractivity contribution in [1.29, 1.82) is 0 Å². The molecular formula is C13H16FNO3. The summed E-state index contributed by atoms with van der Waals surface area (Å²) in [6.07, 6.45) is 4.46. The summed E-state index contributed by atoms with van der Waals surface area (Å²) in [6, 6.07) is 1.38. The van der Waals surface area contributed by atoms with Gasteiger partial charge in [0.2, 0.25) is 0 Å². The van der Waals surface area contributed by atoms with Gasteiger partial charge in [0.25, 0.3) is 5.88 Å². The minimum absolute atomic E-state index is 0.0415. The fourth-order valence-electron chi connectivity index (χ4n) is 2.08. The van der Waals surface area contributed by atoms with Gasteiger partial charge in [0.1, 0.15) is 0 Å². The van der Waals surface area contributed by atoms with Crippen molar-refractivity contribution in [3.8, 4) is 5.88 Å². The Kier molecular flexibility index (Phi) is 4.25. The molecule has 0 N–H and O–H groups in total. The van der Waals surface area contributed by atoms with Crippen LogP contribution in [0.3, 0.4) is 0 Å². The van der Waals surface area contributed by atoms with Crippen molar-refractivity contribution in [2.75, 3.05) is 13.7 Å². The summed E-state index contributed by atoms with van der Waals surface area (Å²) < 4.78 is 24.0. The van der Waals surface area contributed by atoms with Gasteiger partial charge in [0, 0.05) is 19.2 Å². The number of ether oxygens (including phenoxy) is 2. The highest BCUT2D eigenvalue weighted by Gasteiger charge is 2.20. The van der Waals surface area contributed by atoms with Gasteiger partial charge in [0.15, 0.2) is 11.6 Å². The van der Waals surface area contributed by atoms with E-state index in [9.17, 15) is 9.18 Å². The first kappa shape index (κ1) is 13.0. The lowest BCUT2D eigenvalue weighted by Gasteiger charge is -2.09. The Hall–Kier alpha value is -1.49. The number of Topliss-reactive ketones (excluding diaryl/α,β-unsaturated/α-hetero) is 1. The van der Waals surface area contributed by atoms with E-state index in [2.05, 4.69) is 4.98 Å². The second kappa shape index (κ2) is 5.91. The van der Waals surface area contributed by atoms with Crippen LogP contribution in [0, 0.1) is 5.82 Å². The molecule has 0 saturated carbocycles. The summed E-state index contributed by atoms with van der Waals surface area (Å²) in [5.74, 6) is -1.06. The van der Waals surface area contributed by atoms with Crippen molar-refractivity contribution in [2.45, 2.75) is 31.8 Å². The van der Waals surface area contributed by atoms with Gasteiger partial charge in [-0.3, -0.25) is 4.79 Å². The lowest BCUT2D eigenvalue weighted by atomic mass is 10.0. The van der Waals surface area contributed by atoms with Crippen LogP contribution >= 0.6 is 0 Å². The standard InChI is InChI=1S/C13H16FNO3/c1-17-13-12(14)10(6-7-15-13)11(16)5-4-9-3-2-8-18-9/h6-7,9H,2-5,8H2,1H3. The smallest absolute Gasteiger partial charge is 0.250 e. The SMILES string of the molecule is COc1nccc(C(=O)CCC2CCCO2)c1F. The zero-order valence-corrected chi connectivity index (χ0v) is 10.3. The van der Waals surface area contributed by atoms with Crippen molar-refractivity contribution < 1.29 is 18.7 Å². The van der Waals surface area contributed by atoms with Crippen LogP contribution in [0.4, 0.5) is 4.39 Å². The molecule has 0 bridgehead atoms. The molecule has 0 amide bonds. The van der Waals surface area contributed by atoms with Crippen LogP contribution in [0.25, 0.3) is 0 Å². The third-order valence-corrected chi connectivity index (χ3v) is 3.07. The zero-order valence-electron chi connectivity index (χ0n) is 10.3. The molecule has 18 heavy (non-hydrogen) atoms. The minimum Gasteiger partial charge on any atom is -0.479 e. The molecule has 1 atom stereocenters. The number of methoxy groups -OCH3 is 1. The van der Waals surface area contributed by atoms with E-state index in [1.54, 1.807) is 0 Å². The van der Waals surface area contributed by atoms with E-state index in [4.69, 9.17) is 9.47 Å². The maximum atomic E-state index is 13.8. The Labute approximate surface area is 105 Å². The van der Waals surface area contributed by atoms with Gasteiger partial charge in [-0.2, -0.15) is 0 Å². The fraction of sp³-hybridized carbons (Fsp3) is 0.538. The number of carbonyl (C=O) groups excluding carboxylic acids is 1. The Morgan fingerprint density at radius 3 is 3.17 bits per heavy atom. The molecule has 0 aromatic carbocycles. The molecule has 1 aromatic rings. The second-order valence-corrected chi connectivity index (χ2v) is 4.28. The van der Waals surface area contributed by atoms with E-state index >= 15 is 0 Å². The average molecular weight is 253 g/mol. The molecule has 98 valence electrons. The Balaban J connectivity index is 1.99. The number of halogens is 1. The molecule has 2 rings (SSSR count). The number of pyridine rings is 1. The monoisotopic (exact) mass is 253 g/mol. The highest BCUT2D eigenvalue weighted by atomic mass is 19.1. The van der Waals surface area contributed by atoms with Crippen molar-refractivity contribution >= 4 is 5.78 Å². The van der Waals surface area contributed by atoms with Gasteiger partial charge in [-0.25, -0.2) is 9.37 Å².